The molecule has 1 amide bonds. The second-order valence-electron chi connectivity index (χ2n) is 7.02. The third kappa shape index (κ3) is 4.40. The number of ether oxygens (including phenoxy) is 1. The molecule has 0 N–H and O–H groups in total. The zero-order chi connectivity index (χ0) is 20.1. The van der Waals surface area contributed by atoms with Crippen molar-refractivity contribution in [2.75, 3.05) is 18.1 Å². The number of aryl methyl sites for hydroxylation is 2. The van der Waals surface area contributed by atoms with Crippen molar-refractivity contribution in [1.29, 1.82) is 0 Å². The molecule has 29 heavy (non-hydrogen) atoms. The Hall–Kier alpha value is -2.92. The third-order valence-electron chi connectivity index (χ3n) is 5.00. The van der Waals surface area contributed by atoms with Crippen LogP contribution in [0.15, 0.2) is 67.3 Å². The Bertz CT molecular complexity index is 974. The van der Waals surface area contributed by atoms with Gasteiger partial charge in [-0.05, 0) is 37.3 Å². The molecular formula is C24H24N2O2S. The first kappa shape index (κ1) is 19.4. The monoisotopic (exact) mass is 404 g/mol. The van der Waals surface area contributed by atoms with Gasteiger partial charge in [-0.15, -0.1) is 17.9 Å². The number of carbonyl (C=O) groups excluding carboxylic acids is 1. The molecule has 0 unspecified atom stereocenters. The average Bonchev–Trinajstić information content (AvgIpc) is 3.20. The van der Waals surface area contributed by atoms with E-state index in [-0.39, 0.29) is 12.5 Å². The van der Waals surface area contributed by atoms with Gasteiger partial charge >= 0.3 is 0 Å². The van der Waals surface area contributed by atoms with Crippen LogP contribution in [0, 0.1) is 0 Å². The Labute approximate surface area is 175 Å². The maximum Gasteiger partial charge on any atom is 0.266 e. The summed E-state index contributed by atoms with van der Waals surface area (Å²) in [5.74, 6) is 0.586. The molecule has 4 nitrogen and oxygen atoms in total. The summed E-state index contributed by atoms with van der Waals surface area (Å²) in [6.45, 7) is 4.19. The molecule has 0 saturated heterocycles. The average molecular weight is 405 g/mol. The molecule has 4 rings (SSSR count). The Morgan fingerprint density at radius 2 is 1.86 bits per heavy atom. The minimum Gasteiger partial charge on any atom is -0.483 e. The molecular weight excluding hydrogens is 380 g/mol. The van der Waals surface area contributed by atoms with Gasteiger partial charge in [-0.1, -0.05) is 54.6 Å². The van der Waals surface area contributed by atoms with Gasteiger partial charge in [0, 0.05) is 17.0 Å². The lowest BCUT2D eigenvalue weighted by Gasteiger charge is -2.19. The number of benzene rings is 2. The Morgan fingerprint density at radius 1 is 1.10 bits per heavy atom. The predicted octanol–water partition coefficient (Wildman–Crippen LogP) is 5.29. The summed E-state index contributed by atoms with van der Waals surface area (Å²) in [6.07, 6.45) is 6.16. The summed E-state index contributed by atoms with van der Waals surface area (Å²) in [4.78, 5) is 20.7. The maximum atomic E-state index is 13.0. The number of amides is 1. The van der Waals surface area contributed by atoms with Gasteiger partial charge in [0.1, 0.15) is 5.75 Å². The highest BCUT2D eigenvalue weighted by Gasteiger charge is 2.23. The molecule has 1 aliphatic rings. The van der Waals surface area contributed by atoms with E-state index in [9.17, 15) is 4.79 Å². The first-order valence-corrected chi connectivity index (χ1v) is 10.7. The Morgan fingerprint density at radius 3 is 2.66 bits per heavy atom. The molecule has 1 aromatic heterocycles. The second kappa shape index (κ2) is 9.05. The Balaban J connectivity index is 1.51. The molecule has 1 heterocycles. The molecule has 0 aliphatic heterocycles. The van der Waals surface area contributed by atoms with Crippen LogP contribution >= 0.6 is 11.3 Å². The van der Waals surface area contributed by atoms with E-state index in [4.69, 9.17) is 9.72 Å². The van der Waals surface area contributed by atoms with Crippen molar-refractivity contribution in [3.8, 4) is 16.9 Å². The van der Waals surface area contributed by atoms with Crippen LogP contribution < -0.4 is 9.64 Å². The lowest BCUT2D eigenvalue weighted by molar-refractivity contribution is -0.120. The van der Waals surface area contributed by atoms with Crippen molar-refractivity contribution in [3.63, 3.8) is 0 Å². The number of para-hydroxylation sites is 1. The van der Waals surface area contributed by atoms with E-state index < -0.39 is 0 Å². The van der Waals surface area contributed by atoms with Gasteiger partial charge in [-0.2, -0.15) is 0 Å². The number of nitrogens with zero attached hydrogens (tertiary/aromatic N) is 2. The first-order valence-electron chi connectivity index (χ1n) is 9.93. The second-order valence-corrected chi connectivity index (χ2v) is 8.08. The lowest BCUT2D eigenvalue weighted by Crippen LogP contribution is -2.35. The fraction of sp³-hybridized carbons (Fsp3) is 0.250. The van der Waals surface area contributed by atoms with E-state index in [2.05, 4.69) is 6.58 Å². The molecule has 148 valence electrons. The smallest absolute Gasteiger partial charge is 0.266 e. The van der Waals surface area contributed by atoms with Gasteiger partial charge in [0.25, 0.3) is 5.91 Å². The highest BCUT2D eigenvalue weighted by molar-refractivity contribution is 7.16. The normalized spacial score (nSPS) is 12.8. The highest BCUT2D eigenvalue weighted by Crippen LogP contribution is 2.32. The summed E-state index contributed by atoms with van der Waals surface area (Å²) in [5, 5.41) is 0.752. The fourth-order valence-corrected chi connectivity index (χ4v) is 4.71. The van der Waals surface area contributed by atoms with Crippen LogP contribution in [-0.4, -0.2) is 24.0 Å². The lowest BCUT2D eigenvalue weighted by atomic mass is 10.0. The van der Waals surface area contributed by atoms with E-state index in [1.54, 1.807) is 22.3 Å². The summed E-state index contributed by atoms with van der Waals surface area (Å²) in [5.41, 5.74) is 3.18. The summed E-state index contributed by atoms with van der Waals surface area (Å²) in [7, 11) is 0. The van der Waals surface area contributed by atoms with Crippen LogP contribution in [-0.2, 0) is 17.6 Å². The van der Waals surface area contributed by atoms with Crippen molar-refractivity contribution in [2.24, 2.45) is 0 Å². The van der Waals surface area contributed by atoms with Gasteiger partial charge in [0.2, 0.25) is 0 Å². The zero-order valence-corrected chi connectivity index (χ0v) is 17.2. The third-order valence-corrected chi connectivity index (χ3v) is 6.18. The molecule has 0 atom stereocenters. The molecule has 2 aromatic carbocycles. The van der Waals surface area contributed by atoms with Crippen molar-refractivity contribution in [1.82, 2.24) is 4.98 Å². The largest absolute Gasteiger partial charge is 0.483 e. The quantitative estimate of drug-likeness (QED) is 0.503. The van der Waals surface area contributed by atoms with Crippen LogP contribution in [0.1, 0.15) is 23.4 Å². The molecule has 0 saturated carbocycles. The van der Waals surface area contributed by atoms with Crippen molar-refractivity contribution in [2.45, 2.75) is 25.7 Å². The van der Waals surface area contributed by atoms with Crippen LogP contribution in [0.2, 0.25) is 0 Å². The number of aromatic nitrogens is 1. The van der Waals surface area contributed by atoms with Crippen molar-refractivity contribution < 1.29 is 9.53 Å². The van der Waals surface area contributed by atoms with E-state index in [0.29, 0.717) is 12.3 Å². The van der Waals surface area contributed by atoms with Crippen LogP contribution in [0.5, 0.6) is 5.75 Å². The molecule has 5 heteroatoms. The highest BCUT2D eigenvalue weighted by atomic mass is 32.1. The van der Waals surface area contributed by atoms with E-state index in [1.165, 1.54) is 17.7 Å². The van der Waals surface area contributed by atoms with Crippen LogP contribution in [0.3, 0.4) is 0 Å². The topological polar surface area (TPSA) is 42.4 Å². The number of rotatable bonds is 7. The number of anilines is 1. The molecule has 1 aliphatic carbocycles. The molecule has 0 spiro atoms. The van der Waals surface area contributed by atoms with Gasteiger partial charge in [-0.25, -0.2) is 4.98 Å². The predicted molar refractivity (Wildman–Crippen MR) is 119 cm³/mol. The minimum atomic E-state index is -0.112. The van der Waals surface area contributed by atoms with Crippen LogP contribution in [0.25, 0.3) is 11.1 Å². The minimum absolute atomic E-state index is 0.0397. The number of fused-ring (bicyclic) bond motifs is 1. The zero-order valence-electron chi connectivity index (χ0n) is 16.3. The maximum absolute atomic E-state index is 13.0. The van der Waals surface area contributed by atoms with Gasteiger partial charge < -0.3 is 4.74 Å². The Kier molecular flexibility index (Phi) is 6.06. The molecule has 0 fully saturated rings. The first-order chi connectivity index (χ1) is 14.3. The summed E-state index contributed by atoms with van der Waals surface area (Å²) < 4.78 is 5.96. The number of carbonyl (C=O) groups is 1. The van der Waals surface area contributed by atoms with E-state index in [1.807, 2.05) is 54.6 Å². The van der Waals surface area contributed by atoms with Gasteiger partial charge in [-0.3, -0.25) is 9.69 Å². The number of hydrogen-bond acceptors (Lipinski definition) is 4. The molecule has 0 radical (unpaired) electrons. The van der Waals surface area contributed by atoms with E-state index in [0.717, 1.165) is 34.8 Å². The van der Waals surface area contributed by atoms with Crippen LogP contribution in [0.4, 0.5) is 5.13 Å². The van der Waals surface area contributed by atoms with Gasteiger partial charge in [0.15, 0.2) is 11.7 Å². The standard InChI is InChI=1S/C24H24N2O2S/c1-2-16-26(24-25-20-13-7-9-15-22(20)29-24)23(27)17-28-21-14-8-6-12-19(21)18-10-4-3-5-11-18/h2-6,8,10-12,14H,1,7,9,13,15-17H2. The summed E-state index contributed by atoms with van der Waals surface area (Å²) >= 11 is 1.62. The van der Waals surface area contributed by atoms with Gasteiger partial charge in [0.05, 0.1) is 5.69 Å². The molecule has 0 bridgehead atoms. The fourth-order valence-electron chi connectivity index (χ4n) is 3.54. The number of thiazole rings is 1. The van der Waals surface area contributed by atoms with Crippen molar-refractivity contribution in [3.05, 3.63) is 77.8 Å². The molecule has 3 aromatic rings. The number of hydrogen-bond donors (Lipinski definition) is 0. The van der Waals surface area contributed by atoms with E-state index >= 15 is 0 Å². The summed E-state index contributed by atoms with van der Waals surface area (Å²) in [6, 6.07) is 17.8. The van der Waals surface area contributed by atoms with Crippen molar-refractivity contribution >= 4 is 22.4 Å². The SMILES string of the molecule is C=CCN(C(=O)COc1ccccc1-c1ccccc1)c1nc2c(s1)CCCC2.